The fourth-order valence-electron chi connectivity index (χ4n) is 6.68. The summed E-state index contributed by atoms with van der Waals surface area (Å²) < 4.78 is 11.2. The molecule has 0 spiro atoms. The van der Waals surface area contributed by atoms with E-state index in [0.29, 0.717) is 12.8 Å². The SMILES string of the molecule is CCCCC/C=C/CCCC[C@@H](O)[C@H](CO[C@H]1O[C@@H](CO)[C@H](O)C(O)C1O)NC(=O)CCCCCCCCCCCCCCCCCCCC. The highest BCUT2D eigenvalue weighted by molar-refractivity contribution is 5.76. The van der Waals surface area contributed by atoms with Gasteiger partial charge in [0.15, 0.2) is 6.29 Å². The minimum atomic E-state index is -1.55. The minimum absolute atomic E-state index is 0.147. The Morgan fingerprint density at radius 2 is 1.12 bits per heavy atom. The van der Waals surface area contributed by atoms with Crippen molar-refractivity contribution in [3.8, 4) is 0 Å². The number of hydrogen-bond acceptors (Lipinski definition) is 8. The molecule has 1 rings (SSSR count). The van der Waals surface area contributed by atoms with Crippen LogP contribution in [0.4, 0.5) is 0 Å². The van der Waals surface area contributed by atoms with Crippen LogP contribution in [0.2, 0.25) is 0 Å². The minimum Gasteiger partial charge on any atom is -0.394 e. The molecule has 0 aliphatic carbocycles. The van der Waals surface area contributed by atoms with Gasteiger partial charge >= 0.3 is 0 Å². The summed E-state index contributed by atoms with van der Waals surface area (Å²) in [6.45, 7) is 3.77. The second-order valence-electron chi connectivity index (χ2n) is 14.8. The third-order valence-corrected chi connectivity index (χ3v) is 10.1. The molecule has 1 heterocycles. The lowest BCUT2D eigenvalue weighted by Crippen LogP contribution is -2.60. The molecule has 1 fully saturated rings. The quantitative estimate of drug-likeness (QED) is 0.0293. The Morgan fingerprint density at radius 3 is 1.62 bits per heavy atom. The Balaban J connectivity index is 2.31. The number of amides is 1. The molecule has 7 atom stereocenters. The number of carbonyl (C=O) groups is 1. The molecular formula is C41H79NO8. The van der Waals surface area contributed by atoms with Crippen LogP contribution in [-0.2, 0) is 14.3 Å². The van der Waals surface area contributed by atoms with Gasteiger partial charge in [-0.2, -0.15) is 0 Å². The van der Waals surface area contributed by atoms with Crippen molar-refractivity contribution in [1.29, 1.82) is 0 Å². The van der Waals surface area contributed by atoms with Gasteiger partial charge in [-0.05, 0) is 38.5 Å². The normalized spacial score (nSPS) is 22.3. The van der Waals surface area contributed by atoms with Crippen molar-refractivity contribution in [2.45, 2.75) is 230 Å². The van der Waals surface area contributed by atoms with Crippen LogP contribution in [0.3, 0.4) is 0 Å². The van der Waals surface area contributed by atoms with Crippen molar-refractivity contribution in [2.75, 3.05) is 13.2 Å². The second kappa shape index (κ2) is 32.6. The highest BCUT2D eigenvalue weighted by atomic mass is 16.7. The van der Waals surface area contributed by atoms with E-state index in [1.165, 1.54) is 116 Å². The van der Waals surface area contributed by atoms with Gasteiger partial charge in [-0.25, -0.2) is 0 Å². The number of aliphatic hydroxyl groups excluding tert-OH is 5. The highest BCUT2D eigenvalue weighted by Gasteiger charge is 2.44. The molecule has 2 unspecified atom stereocenters. The second-order valence-corrected chi connectivity index (χ2v) is 14.8. The van der Waals surface area contributed by atoms with Gasteiger partial charge in [0.1, 0.15) is 24.4 Å². The average molecular weight is 714 g/mol. The Bertz CT molecular complexity index is 797. The van der Waals surface area contributed by atoms with Crippen molar-refractivity contribution in [3.05, 3.63) is 12.2 Å². The molecule has 296 valence electrons. The number of nitrogens with one attached hydrogen (secondary N) is 1. The summed E-state index contributed by atoms with van der Waals surface area (Å²) >= 11 is 0. The topological polar surface area (TPSA) is 149 Å². The van der Waals surface area contributed by atoms with Gasteiger partial charge in [0.25, 0.3) is 0 Å². The molecule has 0 bridgehead atoms. The lowest BCUT2D eigenvalue weighted by atomic mass is 9.99. The first-order valence-electron chi connectivity index (χ1n) is 20.9. The van der Waals surface area contributed by atoms with Gasteiger partial charge in [-0.1, -0.05) is 154 Å². The molecule has 9 nitrogen and oxygen atoms in total. The van der Waals surface area contributed by atoms with Gasteiger partial charge in [0.05, 0.1) is 25.4 Å². The van der Waals surface area contributed by atoms with E-state index in [9.17, 15) is 30.3 Å². The maximum absolute atomic E-state index is 12.9. The van der Waals surface area contributed by atoms with Crippen molar-refractivity contribution in [1.82, 2.24) is 5.32 Å². The van der Waals surface area contributed by atoms with Crippen LogP contribution < -0.4 is 5.32 Å². The zero-order chi connectivity index (χ0) is 36.7. The Kier molecular flexibility index (Phi) is 30.6. The zero-order valence-corrected chi connectivity index (χ0v) is 32.2. The summed E-state index contributed by atoms with van der Waals surface area (Å²) in [5.74, 6) is -0.155. The summed E-state index contributed by atoms with van der Waals surface area (Å²) in [7, 11) is 0. The third kappa shape index (κ3) is 23.5. The van der Waals surface area contributed by atoms with Crippen LogP contribution in [0, 0.1) is 0 Å². The molecule has 0 radical (unpaired) electrons. The van der Waals surface area contributed by atoms with E-state index in [-0.39, 0.29) is 12.5 Å². The lowest BCUT2D eigenvalue weighted by molar-refractivity contribution is -0.302. The van der Waals surface area contributed by atoms with Crippen LogP contribution in [-0.4, -0.2) is 87.5 Å². The van der Waals surface area contributed by atoms with Gasteiger partial charge in [0, 0.05) is 6.42 Å². The van der Waals surface area contributed by atoms with E-state index < -0.39 is 49.5 Å². The van der Waals surface area contributed by atoms with Crippen LogP contribution in [0.1, 0.15) is 187 Å². The summed E-state index contributed by atoms with van der Waals surface area (Å²) in [5.41, 5.74) is 0. The van der Waals surface area contributed by atoms with E-state index >= 15 is 0 Å². The van der Waals surface area contributed by atoms with Crippen molar-refractivity contribution in [2.24, 2.45) is 0 Å². The maximum Gasteiger partial charge on any atom is 0.220 e. The smallest absolute Gasteiger partial charge is 0.220 e. The largest absolute Gasteiger partial charge is 0.394 e. The lowest BCUT2D eigenvalue weighted by Gasteiger charge is -2.40. The Hall–Kier alpha value is -1.07. The van der Waals surface area contributed by atoms with E-state index in [1.54, 1.807) is 0 Å². The van der Waals surface area contributed by atoms with E-state index in [1.807, 2.05) is 0 Å². The number of hydrogen-bond donors (Lipinski definition) is 6. The fourth-order valence-corrected chi connectivity index (χ4v) is 6.68. The molecule has 9 heteroatoms. The number of carbonyl (C=O) groups excluding carboxylic acids is 1. The number of rotatable bonds is 34. The van der Waals surface area contributed by atoms with Gasteiger partial charge in [-0.15, -0.1) is 0 Å². The average Bonchev–Trinajstić information content (AvgIpc) is 3.11. The molecule has 0 aromatic heterocycles. The van der Waals surface area contributed by atoms with Crippen LogP contribution in [0.5, 0.6) is 0 Å². The van der Waals surface area contributed by atoms with E-state index in [0.717, 1.165) is 44.9 Å². The molecule has 1 aliphatic rings. The first-order chi connectivity index (χ1) is 24.3. The van der Waals surface area contributed by atoms with E-state index in [4.69, 9.17) is 9.47 Å². The molecule has 6 N–H and O–H groups in total. The van der Waals surface area contributed by atoms with Crippen molar-refractivity contribution in [3.63, 3.8) is 0 Å². The number of ether oxygens (including phenoxy) is 2. The third-order valence-electron chi connectivity index (χ3n) is 10.1. The van der Waals surface area contributed by atoms with Crippen LogP contribution >= 0.6 is 0 Å². The predicted molar refractivity (Wildman–Crippen MR) is 203 cm³/mol. The molecule has 1 aliphatic heterocycles. The molecule has 0 aromatic rings. The molecule has 50 heavy (non-hydrogen) atoms. The van der Waals surface area contributed by atoms with Gasteiger partial charge < -0.3 is 40.3 Å². The summed E-state index contributed by atoms with van der Waals surface area (Å²) in [5, 5.41) is 54.0. The molecule has 0 saturated carbocycles. The summed E-state index contributed by atoms with van der Waals surface area (Å²) in [6, 6.07) is -0.727. The predicted octanol–water partition coefficient (Wildman–Crippen LogP) is 7.78. The Morgan fingerprint density at radius 1 is 0.660 bits per heavy atom. The maximum atomic E-state index is 12.9. The van der Waals surface area contributed by atoms with Gasteiger partial charge in [0.2, 0.25) is 5.91 Å². The van der Waals surface area contributed by atoms with Crippen LogP contribution in [0.25, 0.3) is 0 Å². The first kappa shape index (κ1) is 47.0. The summed E-state index contributed by atoms with van der Waals surface area (Å²) in [4.78, 5) is 12.9. The van der Waals surface area contributed by atoms with Crippen LogP contribution in [0.15, 0.2) is 12.2 Å². The molecule has 1 amide bonds. The van der Waals surface area contributed by atoms with Gasteiger partial charge in [-0.3, -0.25) is 4.79 Å². The molecular weight excluding hydrogens is 634 g/mol. The number of aliphatic hydroxyl groups is 5. The van der Waals surface area contributed by atoms with E-state index in [2.05, 4.69) is 31.3 Å². The highest BCUT2D eigenvalue weighted by Crippen LogP contribution is 2.23. The monoisotopic (exact) mass is 714 g/mol. The number of unbranched alkanes of at least 4 members (excludes halogenated alkanes) is 22. The summed E-state index contributed by atoms with van der Waals surface area (Å²) in [6.07, 6.45) is 28.0. The number of allylic oxidation sites excluding steroid dienone is 2. The zero-order valence-electron chi connectivity index (χ0n) is 32.2. The Labute approximate surface area is 306 Å². The fraction of sp³-hybridized carbons (Fsp3) is 0.927. The first-order valence-corrected chi connectivity index (χ1v) is 20.9. The van der Waals surface area contributed by atoms with Crippen molar-refractivity contribution < 1.29 is 39.8 Å². The standard InChI is InChI=1S/C41H79NO8/c1-3-5-7-9-11-13-14-15-16-17-18-19-20-21-23-25-27-29-31-37(45)42-34(35(44)30-28-26-24-22-12-10-8-6-4-2)33-49-41-40(48)39(47)38(46)36(32-43)50-41/h12,22,34-36,38-41,43-44,46-48H,3-11,13-21,23-33H2,1-2H3,(H,42,45)/b22-12+/t34-,35+,36-,38-,39?,40?,41-/m0/s1. The van der Waals surface area contributed by atoms with Crippen molar-refractivity contribution >= 4 is 5.91 Å². The molecule has 0 aromatic carbocycles. The molecule has 1 saturated heterocycles.